The zero-order valence-electron chi connectivity index (χ0n) is 16.5. The maximum Gasteiger partial charge on any atom is 0.231 e. The summed E-state index contributed by atoms with van der Waals surface area (Å²) in [6.07, 6.45) is 3.66. The van der Waals surface area contributed by atoms with Crippen LogP contribution in [0.5, 0.6) is 0 Å². The molecule has 1 amide bonds. The second kappa shape index (κ2) is 9.82. The number of hydrogen-bond donors (Lipinski definition) is 0. The van der Waals surface area contributed by atoms with E-state index in [4.69, 9.17) is 0 Å². The molecule has 3 rings (SSSR count). The van der Waals surface area contributed by atoms with Crippen LogP contribution in [-0.4, -0.2) is 42.5 Å². The van der Waals surface area contributed by atoms with Crippen LogP contribution in [0.3, 0.4) is 0 Å². The lowest BCUT2D eigenvalue weighted by Gasteiger charge is -2.34. The highest BCUT2D eigenvalue weighted by atomic mass is 79.9. The van der Waals surface area contributed by atoms with Crippen molar-refractivity contribution < 1.29 is 13.2 Å². The number of aromatic nitrogens is 1. The molecule has 0 aliphatic carbocycles. The van der Waals surface area contributed by atoms with E-state index in [0.717, 1.165) is 15.9 Å². The van der Waals surface area contributed by atoms with Crippen LogP contribution in [0.1, 0.15) is 31.9 Å². The molecule has 1 unspecified atom stereocenters. The van der Waals surface area contributed by atoms with Crippen molar-refractivity contribution in [2.75, 3.05) is 23.7 Å². The number of amides is 1. The standard InChI is InChI=1S/C21H26BrN3O3S/c1-2-14-29(27,28)24-13-5-6-17(15-24)21(26)25(16-19-7-3-4-12-23-19)20-10-8-18(22)9-11-20/h3-4,7-12,17H,2,5-6,13-16H2,1H3. The van der Waals surface area contributed by atoms with E-state index in [9.17, 15) is 13.2 Å². The van der Waals surface area contributed by atoms with Gasteiger partial charge in [-0.25, -0.2) is 12.7 Å². The van der Waals surface area contributed by atoms with Crippen molar-refractivity contribution in [2.45, 2.75) is 32.7 Å². The van der Waals surface area contributed by atoms with Crippen LogP contribution in [0, 0.1) is 5.92 Å². The van der Waals surface area contributed by atoms with Gasteiger partial charge in [0.05, 0.1) is 23.9 Å². The Bertz CT molecular complexity index is 920. The Hall–Kier alpha value is -1.77. The van der Waals surface area contributed by atoms with Crippen molar-refractivity contribution >= 4 is 37.5 Å². The number of carbonyl (C=O) groups excluding carboxylic acids is 1. The van der Waals surface area contributed by atoms with Crippen molar-refractivity contribution in [3.8, 4) is 0 Å². The predicted octanol–water partition coefficient (Wildman–Crippen LogP) is 3.83. The molecule has 1 saturated heterocycles. The summed E-state index contributed by atoms with van der Waals surface area (Å²) in [6, 6.07) is 13.2. The summed E-state index contributed by atoms with van der Waals surface area (Å²) < 4.78 is 27.4. The minimum Gasteiger partial charge on any atom is -0.306 e. The van der Waals surface area contributed by atoms with Gasteiger partial charge < -0.3 is 4.90 Å². The third-order valence-electron chi connectivity index (χ3n) is 5.04. The molecule has 156 valence electrons. The Balaban J connectivity index is 1.84. The van der Waals surface area contributed by atoms with E-state index in [0.29, 0.717) is 32.4 Å². The monoisotopic (exact) mass is 479 g/mol. The Morgan fingerprint density at radius 3 is 2.66 bits per heavy atom. The van der Waals surface area contributed by atoms with Gasteiger partial charge >= 0.3 is 0 Å². The Kier molecular flexibility index (Phi) is 7.43. The fourth-order valence-corrected chi connectivity index (χ4v) is 5.43. The molecule has 8 heteroatoms. The van der Waals surface area contributed by atoms with Crippen LogP contribution in [0.4, 0.5) is 5.69 Å². The Morgan fingerprint density at radius 2 is 2.00 bits per heavy atom. The van der Waals surface area contributed by atoms with E-state index < -0.39 is 10.0 Å². The van der Waals surface area contributed by atoms with E-state index >= 15 is 0 Å². The highest BCUT2D eigenvalue weighted by molar-refractivity contribution is 9.10. The molecule has 1 fully saturated rings. The van der Waals surface area contributed by atoms with Gasteiger partial charge in [0.25, 0.3) is 0 Å². The minimum absolute atomic E-state index is 0.0608. The van der Waals surface area contributed by atoms with Gasteiger partial charge in [0.2, 0.25) is 15.9 Å². The quantitative estimate of drug-likeness (QED) is 0.604. The molecule has 0 saturated carbocycles. The first-order valence-electron chi connectivity index (χ1n) is 9.85. The van der Waals surface area contributed by atoms with Crippen LogP contribution >= 0.6 is 15.9 Å². The maximum atomic E-state index is 13.5. The molecular formula is C21H26BrN3O3S. The van der Waals surface area contributed by atoms with Crippen molar-refractivity contribution in [3.05, 3.63) is 58.8 Å². The van der Waals surface area contributed by atoms with Crippen LogP contribution in [0.25, 0.3) is 0 Å². The fraction of sp³-hybridized carbons (Fsp3) is 0.429. The second-order valence-corrected chi connectivity index (χ2v) is 10.2. The largest absolute Gasteiger partial charge is 0.306 e. The van der Waals surface area contributed by atoms with Gasteiger partial charge in [-0.2, -0.15) is 0 Å². The van der Waals surface area contributed by atoms with Gasteiger partial charge in [-0.3, -0.25) is 9.78 Å². The van der Waals surface area contributed by atoms with E-state index in [1.54, 1.807) is 11.1 Å². The van der Waals surface area contributed by atoms with Gasteiger partial charge in [-0.15, -0.1) is 0 Å². The Morgan fingerprint density at radius 1 is 1.24 bits per heavy atom. The van der Waals surface area contributed by atoms with Crippen molar-refractivity contribution in [1.29, 1.82) is 0 Å². The van der Waals surface area contributed by atoms with Crippen LogP contribution in [0.15, 0.2) is 53.1 Å². The number of pyridine rings is 1. The molecule has 0 spiro atoms. The third-order valence-corrected chi connectivity index (χ3v) is 7.61. The average Bonchev–Trinajstić information content (AvgIpc) is 2.73. The molecule has 29 heavy (non-hydrogen) atoms. The number of nitrogens with zero attached hydrogens (tertiary/aromatic N) is 3. The van der Waals surface area contributed by atoms with Crippen LogP contribution in [0.2, 0.25) is 0 Å². The summed E-state index contributed by atoms with van der Waals surface area (Å²) in [7, 11) is -3.31. The molecule has 1 aliphatic rings. The van der Waals surface area contributed by atoms with Gasteiger partial charge in [-0.1, -0.05) is 28.9 Å². The molecule has 0 bridgehead atoms. The molecule has 1 aliphatic heterocycles. The number of sulfonamides is 1. The molecule has 6 nitrogen and oxygen atoms in total. The van der Waals surface area contributed by atoms with E-state index in [1.165, 1.54) is 4.31 Å². The zero-order valence-corrected chi connectivity index (χ0v) is 18.9. The zero-order chi connectivity index (χ0) is 20.9. The molecule has 1 aromatic carbocycles. The number of rotatable bonds is 7. The number of halogens is 1. The Labute approximate surface area is 181 Å². The molecule has 1 aromatic heterocycles. The molecule has 0 N–H and O–H groups in total. The maximum absolute atomic E-state index is 13.5. The molecule has 2 heterocycles. The van der Waals surface area contributed by atoms with Gasteiger partial charge in [0, 0.05) is 29.4 Å². The third kappa shape index (κ3) is 5.65. The summed E-state index contributed by atoms with van der Waals surface area (Å²) in [6.45, 7) is 2.94. The molecule has 0 radical (unpaired) electrons. The van der Waals surface area contributed by atoms with E-state index in [-0.39, 0.29) is 24.1 Å². The van der Waals surface area contributed by atoms with Crippen molar-refractivity contribution in [3.63, 3.8) is 0 Å². The molecular weight excluding hydrogens is 454 g/mol. The SMILES string of the molecule is CCCS(=O)(=O)N1CCCC(C(=O)N(Cc2ccccn2)c2ccc(Br)cc2)C1. The lowest BCUT2D eigenvalue weighted by molar-refractivity contribution is -0.123. The topological polar surface area (TPSA) is 70.6 Å². The first-order valence-corrected chi connectivity index (χ1v) is 12.3. The van der Waals surface area contributed by atoms with E-state index in [1.807, 2.05) is 49.4 Å². The van der Waals surface area contributed by atoms with Crippen molar-refractivity contribution in [1.82, 2.24) is 9.29 Å². The number of benzene rings is 1. The summed E-state index contributed by atoms with van der Waals surface area (Å²) in [5, 5.41) is 0. The number of hydrogen-bond acceptors (Lipinski definition) is 4. The highest BCUT2D eigenvalue weighted by Crippen LogP contribution is 2.27. The first kappa shape index (κ1) is 21.9. The predicted molar refractivity (Wildman–Crippen MR) is 118 cm³/mol. The second-order valence-electron chi connectivity index (χ2n) is 7.24. The normalized spacial score (nSPS) is 17.8. The summed E-state index contributed by atoms with van der Waals surface area (Å²) in [5.41, 5.74) is 1.56. The lowest BCUT2D eigenvalue weighted by atomic mass is 9.97. The smallest absolute Gasteiger partial charge is 0.231 e. The van der Waals surface area contributed by atoms with Crippen molar-refractivity contribution in [2.24, 2.45) is 5.92 Å². The van der Waals surface area contributed by atoms with E-state index in [2.05, 4.69) is 20.9 Å². The number of anilines is 1. The minimum atomic E-state index is -3.31. The summed E-state index contributed by atoms with van der Waals surface area (Å²) >= 11 is 3.43. The lowest BCUT2D eigenvalue weighted by Crippen LogP contribution is -2.47. The van der Waals surface area contributed by atoms with Crippen LogP contribution < -0.4 is 4.90 Å². The summed E-state index contributed by atoms with van der Waals surface area (Å²) in [5.74, 6) is -0.296. The van der Waals surface area contributed by atoms with Gasteiger partial charge in [0.15, 0.2) is 0 Å². The number of carbonyl (C=O) groups is 1. The average molecular weight is 480 g/mol. The molecule has 1 atom stereocenters. The fourth-order valence-electron chi connectivity index (χ4n) is 3.58. The molecule has 2 aromatic rings. The van der Waals surface area contributed by atoms with Gasteiger partial charge in [0.1, 0.15) is 0 Å². The summed E-state index contributed by atoms with van der Waals surface area (Å²) in [4.78, 5) is 19.6. The van der Waals surface area contributed by atoms with Gasteiger partial charge in [-0.05, 0) is 55.7 Å². The highest BCUT2D eigenvalue weighted by Gasteiger charge is 2.34. The first-order chi connectivity index (χ1) is 13.9. The van der Waals surface area contributed by atoms with Crippen LogP contribution in [-0.2, 0) is 21.4 Å². The number of piperidine rings is 1.